The SMILES string of the molecule is COc1cc(OC)c2c(c1Cl)OC1(C(=O)C=C(Nc3ccc4oc(C(F)(F)F)cc(=O)c4c3)CC1C)C2=O. The average Bonchev–Trinajstić information content (AvgIpc) is 3.17. The Bertz CT molecular complexity index is 1610. The molecule has 0 saturated carbocycles. The molecule has 0 saturated heterocycles. The minimum Gasteiger partial charge on any atom is -0.496 e. The highest BCUT2D eigenvalue weighted by Crippen LogP contribution is 2.53. The van der Waals surface area contributed by atoms with Crippen molar-refractivity contribution in [3.05, 3.63) is 68.7 Å². The van der Waals surface area contributed by atoms with Gasteiger partial charge in [0.15, 0.2) is 11.2 Å². The number of hydrogen-bond donors (Lipinski definition) is 1. The number of nitrogens with one attached hydrogen (secondary N) is 1. The number of halogens is 4. The zero-order valence-corrected chi connectivity index (χ0v) is 20.9. The molecule has 2 unspecified atom stereocenters. The van der Waals surface area contributed by atoms with Crippen molar-refractivity contribution < 1.29 is 41.4 Å². The summed E-state index contributed by atoms with van der Waals surface area (Å²) in [6.07, 6.45) is -3.40. The monoisotopic (exact) mass is 549 g/mol. The Balaban J connectivity index is 1.47. The number of methoxy groups -OCH3 is 2. The Kier molecular flexibility index (Phi) is 5.94. The van der Waals surface area contributed by atoms with Gasteiger partial charge < -0.3 is 23.9 Å². The van der Waals surface area contributed by atoms with Crippen LogP contribution < -0.4 is 25.0 Å². The van der Waals surface area contributed by atoms with E-state index in [4.69, 9.17) is 30.2 Å². The van der Waals surface area contributed by atoms with Crippen molar-refractivity contribution in [2.75, 3.05) is 19.5 Å². The molecule has 2 atom stereocenters. The first-order valence-corrected chi connectivity index (χ1v) is 11.6. The van der Waals surface area contributed by atoms with Crippen molar-refractivity contribution in [1.29, 1.82) is 0 Å². The van der Waals surface area contributed by atoms with E-state index < -0.39 is 40.5 Å². The number of fused-ring (bicyclic) bond motifs is 2. The number of rotatable bonds is 4. The van der Waals surface area contributed by atoms with Gasteiger partial charge in [0.2, 0.25) is 22.9 Å². The van der Waals surface area contributed by atoms with Crippen molar-refractivity contribution in [3.63, 3.8) is 0 Å². The molecule has 1 aromatic heterocycles. The molecule has 5 rings (SSSR count). The van der Waals surface area contributed by atoms with Crippen LogP contribution in [0, 0.1) is 5.92 Å². The number of anilines is 1. The second-order valence-electron chi connectivity index (χ2n) is 8.91. The smallest absolute Gasteiger partial charge is 0.449 e. The van der Waals surface area contributed by atoms with Crippen LogP contribution in [-0.4, -0.2) is 31.4 Å². The summed E-state index contributed by atoms with van der Waals surface area (Å²) in [4.78, 5) is 39.3. The number of benzene rings is 2. The zero-order valence-electron chi connectivity index (χ0n) is 20.1. The van der Waals surface area contributed by atoms with E-state index in [9.17, 15) is 27.6 Å². The quantitative estimate of drug-likeness (QED) is 0.431. The number of allylic oxidation sites excluding steroid dienone is 1. The van der Waals surface area contributed by atoms with E-state index in [1.165, 1.54) is 44.6 Å². The third kappa shape index (κ3) is 3.80. The molecule has 2 aliphatic rings. The largest absolute Gasteiger partial charge is 0.496 e. The van der Waals surface area contributed by atoms with Gasteiger partial charge in [0, 0.05) is 35.5 Å². The van der Waals surface area contributed by atoms with Crippen LogP contribution in [-0.2, 0) is 11.0 Å². The van der Waals surface area contributed by atoms with Crippen LogP contribution in [0.25, 0.3) is 11.0 Å². The van der Waals surface area contributed by atoms with E-state index in [0.29, 0.717) is 17.5 Å². The number of carbonyl (C=O) groups excluding carboxylic acids is 2. The third-order valence-electron chi connectivity index (χ3n) is 6.62. The Labute approximate surface area is 217 Å². The summed E-state index contributed by atoms with van der Waals surface area (Å²) >= 11 is 6.39. The highest BCUT2D eigenvalue weighted by molar-refractivity contribution is 6.36. The van der Waals surface area contributed by atoms with E-state index in [-0.39, 0.29) is 45.2 Å². The Morgan fingerprint density at radius 2 is 1.79 bits per heavy atom. The van der Waals surface area contributed by atoms with E-state index in [1.807, 2.05) is 0 Å². The van der Waals surface area contributed by atoms with Gasteiger partial charge in [0.1, 0.15) is 27.7 Å². The van der Waals surface area contributed by atoms with Crippen LogP contribution in [0.1, 0.15) is 29.5 Å². The predicted molar refractivity (Wildman–Crippen MR) is 130 cm³/mol. The second-order valence-corrected chi connectivity index (χ2v) is 9.29. The molecule has 8 nitrogen and oxygen atoms in total. The van der Waals surface area contributed by atoms with Gasteiger partial charge in [-0.3, -0.25) is 14.4 Å². The first kappa shape index (κ1) is 25.7. The van der Waals surface area contributed by atoms with Gasteiger partial charge in [0.05, 0.1) is 19.6 Å². The maximum absolute atomic E-state index is 13.6. The summed E-state index contributed by atoms with van der Waals surface area (Å²) in [5.41, 5.74) is -2.18. The molecular weight excluding hydrogens is 531 g/mol. The summed E-state index contributed by atoms with van der Waals surface area (Å²) < 4.78 is 60.3. The van der Waals surface area contributed by atoms with Crippen molar-refractivity contribution in [3.8, 4) is 17.2 Å². The van der Waals surface area contributed by atoms with Crippen LogP contribution in [0.4, 0.5) is 18.9 Å². The van der Waals surface area contributed by atoms with Crippen molar-refractivity contribution in [2.24, 2.45) is 5.92 Å². The van der Waals surface area contributed by atoms with Crippen LogP contribution in [0.5, 0.6) is 17.2 Å². The van der Waals surface area contributed by atoms with Gasteiger partial charge in [-0.05, 0) is 24.6 Å². The fraction of sp³-hybridized carbons (Fsp3) is 0.269. The topological polar surface area (TPSA) is 104 Å². The minimum atomic E-state index is -4.80. The van der Waals surface area contributed by atoms with E-state index in [2.05, 4.69) is 5.32 Å². The molecule has 12 heteroatoms. The van der Waals surface area contributed by atoms with Gasteiger partial charge in [-0.2, -0.15) is 13.2 Å². The summed E-state index contributed by atoms with van der Waals surface area (Å²) in [7, 11) is 2.75. The Morgan fingerprint density at radius 3 is 2.42 bits per heavy atom. The summed E-state index contributed by atoms with van der Waals surface area (Å²) in [5, 5.41) is 2.96. The second kappa shape index (κ2) is 8.80. The van der Waals surface area contributed by atoms with Gasteiger partial charge >= 0.3 is 6.18 Å². The Morgan fingerprint density at radius 1 is 1.08 bits per heavy atom. The van der Waals surface area contributed by atoms with Crippen LogP contribution >= 0.6 is 11.6 Å². The van der Waals surface area contributed by atoms with Gasteiger partial charge in [0.25, 0.3) is 0 Å². The highest BCUT2D eigenvalue weighted by Gasteiger charge is 2.60. The van der Waals surface area contributed by atoms with Crippen LogP contribution in [0.3, 0.4) is 0 Å². The lowest BCUT2D eigenvalue weighted by molar-refractivity contribution is -0.152. The van der Waals surface area contributed by atoms with Crippen molar-refractivity contribution in [1.82, 2.24) is 0 Å². The minimum absolute atomic E-state index is 0.00245. The summed E-state index contributed by atoms with van der Waals surface area (Å²) in [6, 6.07) is 5.79. The maximum Gasteiger partial charge on any atom is 0.449 e. The molecular formula is C26H19ClF3NO7. The number of alkyl halides is 3. The fourth-order valence-corrected chi connectivity index (χ4v) is 5.04. The Hall–Kier alpha value is -3.99. The average molecular weight is 550 g/mol. The molecule has 0 bridgehead atoms. The molecule has 0 radical (unpaired) electrons. The highest BCUT2D eigenvalue weighted by atomic mass is 35.5. The van der Waals surface area contributed by atoms with Crippen LogP contribution in [0.15, 0.2) is 51.3 Å². The fourth-order valence-electron chi connectivity index (χ4n) is 4.78. The number of hydrogen-bond acceptors (Lipinski definition) is 8. The molecule has 1 N–H and O–H groups in total. The first-order valence-electron chi connectivity index (χ1n) is 11.3. The lowest BCUT2D eigenvalue weighted by Crippen LogP contribution is -2.55. The summed E-state index contributed by atoms with van der Waals surface area (Å²) in [6.45, 7) is 1.67. The molecule has 38 heavy (non-hydrogen) atoms. The lowest BCUT2D eigenvalue weighted by Gasteiger charge is -2.35. The molecule has 2 aromatic carbocycles. The molecule has 0 amide bonds. The van der Waals surface area contributed by atoms with E-state index in [0.717, 1.165) is 0 Å². The summed E-state index contributed by atoms with van der Waals surface area (Å²) in [5.74, 6) is -2.92. The van der Waals surface area contributed by atoms with Gasteiger partial charge in [-0.25, -0.2) is 0 Å². The van der Waals surface area contributed by atoms with E-state index >= 15 is 0 Å². The number of Topliss-reactive ketones (excluding diaryl/α,β-unsaturated/α-hetero) is 1. The molecule has 2 heterocycles. The number of ketones is 2. The standard InChI is InChI=1S/C26H19ClF3NO7/c1-11-6-13(31-12-4-5-16-14(7-12)15(32)9-20(37-16)26(28,29)30)8-19(33)25(11)24(34)21-17(35-2)10-18(36-3)22(27)23(21)38-25/h4-5,7-11,31H,6H2,1-3H3. The molecule has 1 spiro atoms. The molecule has 3 aromatic rings. The molecule has 1 aliphatic carbocycles. The number of ether oxygens (including phenoxy) is 3. The molecule has 0 fully saturated rings. The lowest BCUT2D eigenvalue weighted by atomic mass is 9.74. The first-order chi connectivity index (χ1) is 17.9. The van der Waals surface area contributed by atoms with Crippen LogP contribution in [0.2, 0.25) is 5.02 Å². The zero-order chi connectivity index (χ0) is 27.6. The van der Waals surface area contributed by atoms with E-state index in [1.54, 1.807) is 6.92 Å². The predicted octanol–water partition coefficient (Wildman–Crippen LogP) is 5.40. The van der Waals surface area contributed by atoms with Crippen molar-refractivity contribution in [2.45, 2.75) is 25.1 Å². The van der Waals surface area contributed by atoms with Gasteiger partial charge in [-0.15, -0.1) is 0 Å². The molecule has 198 valence electrons. The maximum atomic E-state index is 13.6. The normalized spacial score (nSPS) is 20.8. The van der Waals surface area contributed by atoms with Gasteiger partial charge in [-0.1, -0.05) is 18.5 Å². The number of carbonyl (C=O) groups is 2. The molecule has 1 aliphatic heterocycles. The van der Waals surface area contributed by atoms with Crippen molar-refractivity contribution >= 4 is 39.8 Å². The third-order valence-corrected chi connectivity index (χ3v) is 6.98.